The molecule has 0 saturated heterocycles. The molecule has 0 radical (unpaired) electrons. The first kappa shape index (κ1) is 11.6. The van der Waals surface area contributed by atoms with E-state index in [1.54, 1.807) is 6.92 Å². The van der Waals surface area contributed by atoms with Crippen LogP contribution in [0.1, 0.15) is 6.92 Å². The summed E-state index contributed by atoms with van der Waals surface area (Å²) in [6.45, 7) is 2.03. The van der Waals surface area contributed by atoms with Crippen LogP contribution in [0.15, 0.2) is 11.4 Å². The van der Waals surface area contributed by atoms with E-state index in [-0.39, 0.29) is 5.95 Å². The Morgan fingerprint density at radius 2 is 2.35 bits per heavy atom. The van der Waals surface area contributed by atoms with Crippen molar-refractivity contribution in [2.24, 2.45) is 0 Å². The second kappa shape index (κ2) is 4.58. The van der Waals surface area contributed by atoms with Crippen LogP contribution in [0.2, 0.25) is 0 Å². The van der Waals surface area contributed by atoms with Gasteiger partial charge in [-0.2, -0.15) is 4.98 Å². The van der Waals surface area contributed by atoms with Gasteiger partial charge in [0.1, 0.15) is 16.9 Å². The minimum absolute atomic E-state index is 0.135. The lowest BCUT2D eigenvalue weighted by atomic mass is 10.5. The van der Waals surface area contributed by atoms with E-state index in [1.807, 2.05) is 6.26 Å². The van der Waals surface area contributed by atoms with Crippen LogP contribution >= 0.6 is 11.8 Å². The lowest BCUT2D eigenvalue weighted by Crippen LogP contribution is -2.13. The van der Waals surface area contributed by atoms with Crippen LogP contribution in [0.5, 0.6) is 0 Å². The van der Waals surface area contributed by atoms with E-state index >= 15 is 0 Å². The summed E-state index contributed by atoms with van der Waals surface area (Å²) < 4.78 is 6.19. The number of hydrogen-bond donors (Lipinski definition) is 1. The number of hydrogen-bond acceptors (Lipinski definition) is 7. The summed E-state index contributed by atoms with van der Waals surface area (Å²) in [6, 6.07) is 0. The van der Waals surface area contributed by atoms with Crippen LogP contribution in [-0.2, 0) is 4.74 Å². The molecule has 17 heavy (non-hydrogen) atoms. The van der Waals surface area contributed by atoms with Crippen molar-refractivity contribution in [1.29, 1.82) is 0 Å². The molecule has 0 saturated carbocycles. The highest BCUT2D eigenvalue weighted by Crippen LogP contribution is 2.23. The Kier molecular flexibility index (Phi) is 3.14. The summed E-state index contributed by atoms with van der Waals surface area (Å²) >= 11 is 1.37. The van der Waals surface area contributed by atoms with Crippen LogP contribution in [0.3, 0.4) is 0 Å². The van der Waals surface area contributed by atoms with Crippen molar-refractivity contribution < 1.29 is 9.53 Å². The molecule has 2 heterocycles. The third-order valence-electron chi connectivity index (χ3n) is 2.05. The van der Waals surface area contributed by atoms with Gasteiger partial charge in [0, 0.05) is 0 Å². The summed E-state index contributed by atoms with van der Waals surface area (Å²) in [6.07, 6.45) is 2.69. The molecule has 0 spiro atoms. The third-order valence-corrected chi connectivity index (χ3v) is 2.72. The van der Waals surface area contributed by atoms with E-state index in [1.165, 1.54) is 22.7 Å². The van der Waals surface area contributed by atoms with Gasteiger partial charge in [0.25, 0.3) is 0 Å². The molecule has 0 atom stereocenters. The maximum atomic E-state index is 11.7. The van der Waals surface area contributed by atoms with E-state index < -0.39 is 6.09 Å². The quantitative estimate of drug-likeness (QED) is 0.633. The van der Waals surface area contributed by atoms with Crippen molar-refractivity contribution in [3.8, 4) is 0 Å². The van der Waals surface area contributed by atoms with Gasteiger partial charge in [-0.05, 0) is 13.2 Å². The Morgan fingerprint density at radius 1 is 1.59 bits per heavy atom. The molecule has 90 valence electrons. The number of rotatable bonds is 2. The zero-order chi connectivity index (χ0) is 12.4. The molecular weight excluding hydrogens is 242 g/mol. The van der Waals surface area contributed by atoms with Crippen LogP contribution < -0.4 is 5.73 Å². The normalized spacial score (nSPS) is 10.7. The average Bonchev–Trinajstić information content (AvgIpc) is 2.71. The number of anilines is 1. The second-order valence-electron chi connectivity index (χ2n) is 3.08. The molecule has 2 aromatic rings. The minimum Gasteiger partial charge on any atom is -0.449 e. The number of ether oxygens (including phenoxy) is 1. The van der Waals surface area contributed by atoms with E-state index in [4.69, 9.17) is 10.5 Å². The topological polar surface area (TPSA) is 95.9 Å². The maximum Gasteiger partial charge on any atom is 0.419 e. The fourth-order valence-corrected chi connectivity index (χ4v) is 1.95. The lowest BCUT2D eigenvalue weighted by Gasteiger charge is -2.05. The van der Waals surface area contributed by atoms with Crippen molar-refractivity contribution in [1.82, 2.24) is 19.5 Å². The van der Waals surface area contributed by atoms with E-state index in [9.17, 15) is 4.79 Å². The summed E-state index contributed by atoms with van der Waals surface area (Å²) in [5.74, 6) is 0.135. The number of aromatic nitrogens is 4. The second-order valence-corrected chi connectivity index (χ2v) is 3.87. The standard InChI is InChI=1S/C9H11N5O2S/c1-3-16-9(15)14-4-11-6-5(14)7(17-2)13-8(10)12-6/h4H,3H2,1-2H3,(H2,10,12,13). The Bertz CT molecular complexity index is 568. The van der Waals surface area contributed by atoms with Gasteiger partial charge < -0.3 is 10.5 Å². The van der Waals surface area contributed by atoms with Gasteiger partial charge in [-0.1, -0.05) is 0 Å². The number of carbonyl (C=O) groups is 1. The van der Waals surface area contributed by atoms with Crippen molar-refractivity contribution in [2.75, 3.05) is 18.6 Å². The molecular formula is C9H11N5O2S. The van der Waals surface area contributed by atoms with Crippen LogP contribution in [0.4, 0.5) is 10.7 Å². The Balaban J connectivity index is 2.62. The van der Waals surface area contributed by atoms with Gasteiger partial charge >= 0.3 is 6.09 Å². The van der Waals surface area contributed by atoms with Crippen molar-refractivity contribution in [3.63, 3.8) is 0 Å². The molecule has 0 amide bonds. The number of imidazole rings is 1. The van der Waals surface area contributed by atoms with Gasteiger partial charge in [-0.3, -0.25) is 0 Å². The Labute approximate surface area is 101 Å². The molecule has 2 rings (SSSR count). The molecule has 0 fully saturated rings. The number of carbonyl (C=O) groups excluding carboxylic acids is 1. The molecule has 0 aliphatic heterocycles. The van der Waals surface area contributed by atoms with Crippen molar-refractivity contribution >= 4 is 35.0 Å². The first-order valence-electron chi connectivity index (χ1n) is 4.89. The fraction of sp³-hybridized carbons (Fsp3) is 0.333. The lowest BCUT2D eigenvalue weighted by molar-refractivity contribution is 0.155. The first-order chi connectivity index (χ1) is 8.17. The predicted molar refractivity (Wildman–Crippen MR) is 63.9 cm³/mol. The third kappa shape index (κ3) is 2.03. The largest absolute Gasteiger partial charge is 0.449 e. The average molecular weight is 253 g/mol. The molecule has 0 aliphatic carbocycles. The minimum atomic E-state index is -0.501. The number of nitrogens with zero attached hydrogens (tertiary/aromatic N) is 4. The summed E-state index contributed by atoms with van der Waals surface area (Å²) in [4.78, 5) is 23.7. The molecule has 0 unspecified atom stereocenters. The van der Waals surface area contributed by atoms with Crippen molar-refractivity contribution in [3.05, 3.63) is 6.33 Å². The summed E-state index contributed by atoms with van der Waals surface area (Å²) in [5, 5.41) is 0.595. The van der Waals surface area contributed by atoms with Gasteiger partial charge in [0.05, 0.1) is 6.61 Å². The van der Waals surface area contributed by atoms with Gasteiger partial charge in [0.15, 0.2) is 5.65 Å². The smallest absolute Gasteiger partial charge is 0.419 e. The summed E-state index contributed by atoms with van der Waals surface area (Å²) in [5.41, 5.74) is 6.45. The molecule has 0 aromatic carbocycles. The zero-order valence-corrected chi connectivity index (χ0v) is 10.2. The van der Waals surface area contributed by atoms with Crippen LogP contribution in [0, 0.1) is 0 Å². The molecule has 0 bridgehead atoms. The SMILES string of the molecule is CCOC(=O)n1cnc2nc(N)nc(SC)c21. The highest BCUT2D eigenvalue weighted by Gasteiger charge is 2.16. The van der Waals surface area contributed by atoms with Gasteiger partial charge in [-0.25, -0.2) is 19.3 Å². The maximum absolute atomic E-state index is 11.7. The number of fused-ring (bicyclic) bond motifs is 1. The van der Waals surface area contributed by atoms with Crippen LogP contribution in [-0.4, -0.2) is 38.5 Å². The molecule has 7 nitrogen and oxygen atoms in total. The Morgan fingerprint density at radius 3 is 3.00 bits per heavy atom. The summed E-state index contributed by atoms with van der Waals surface area (Å²) in [7, 11) is 0. The molecule has 2 N–H and O–H groups in total. The number of nitrogen functional groups attached to an aromatic ring is 1. The number of thioether (sulfide) groups is 1. The van der Waals surface area contributed by atoms with Crippen molar-refractivity contribution in [2.45, 2.75) is 11.9 Å². The predicted octanol–water partition coefficient (Wildman–Crippen LogP) is 1.13. The monoisotopic (exact) mass is 253 g/mol. The zero-order valence-electron chi connectivity index (χ0n) is 9.38. The van der Waals surface area contributed by atoms with E-state index in [0.717, 1.165) is 0 Å². The number of nitrogens with two attached hydrogens (primary N) is 1. The van der Waals surface area contributed by atoms with Gasteiger partial charge in [-0.15, -0.1) is 11.8 Å². The highest BCUT2D eigenvalue weighted by atomic mass is 32.2. The fourth-order valence-electron chi connectivity index (χ4n) is 1.38. The molecule has 8 heteroatoms. The van der Waals surface area contributed by atoms with Gasteiger partial charge in [0.2, 0.25) is 5.95 Å². The highest BCUT2D eigenvalue weighted by molar-refractivity contribution is 7.98. The van der Waals surface area contributed by atoms with E-state index in [0.29, 0.717) is 22.8 Å². The Hall–Kier alpha value is -1.83. The van der Waals surface area contributed by atoms with E-state index in [2.05, 4.69) is 15.0 Å². The molecule has 0 aliphatic rings. The van der Waals surface area contributed by atoms with Crippen LogP contribution in [0.25, 0.3) is 11.2 Å². The molecule has 2 aromatic heterocycles. The first-order valence-corrected chi connectivity index (χ1v) is 6.11.